The van der Waals surface area contributed by atoms with E-state index >= 15 is 0 Å². The summed E-state index contributed by atoms with van der Waals surface area (Å²) in [7, 11) is 0. The van der Waals surface area contributed by atoms with Crippen molar-refractivity contribution in [3.63, 3.8) is 0 Å². The number of carbonyl (C=O) groups excluding carboxylic acids is 1. The number of nitrogens with one attached hydrogen (secondary N) is 2. The molecule has 5 heteroatoms. The zero-order valence-electron chi connectivity index (χ0n) is 10.6. The number of thiophene rings is 1. The number of rotatable bonds is 4. The molecule has 0 saturated carbocycles. The van der Waals surface area contributed by atoms with Gasteiger partial charge in [0.25, 0.3) is 0 Å². The van der Waals surface area contributed by atoms with Crippen molar-refractivity contribution in [3.05, 3.63) is 22.4 Å². The highest BCUT2D eigenvalue weighted by atomic mass is 35.5. The van der Waals surface area contributed by atoms with Gasteiger partial charge < -0.3 is 10.6 Å². The summed E-state index contributed by atoms with van der Waals surface area (Å²) in [5.74, 6) is 0.161. The van der Waals surface area contributed by atoms with Gasteiger partial charge in [-0.15, -0.1) is 23.7 Å². The van der Waals surface area contributed by atoms with Crippen molar-refractivity contribution in [1.29, 1.82) is 0 Å². The summed E-state index contributed by atoms with van der Waals surface area (Å²) in [5, 5.41) is 8.44. The summed E-state index contributed by atoms with van der Waals surface area (Å²) < 4.78 is 0. The van der Waals surface area contributed by atoms with Gasteiger partial charge in [0.2, 0.25) is 5.91 Å². The Morgan fingerprint density at radius 2 is 2.44 bits per heavy atom. The smallest absolute Gasteiger partial charge is 0.237 e. The maximum Gasteiger partial charge on any atom is 0.237 e. The molecule has 0 spiro atoms. The van der Waals surface area contributed by atoms with Gasteiger partial charge in [-0.2, -0.15) is 0 Å². The first-order chi connectivity index (χ1) is 8.25. The lowest BCUT2D eigenvalue weighted by molar-refractivity contribution is -0.124. The summed E-state index contributed by atoms with van der Waals surface area (Å²) in [6.07, 6.45) is 4.24. The topological polar surface area (TPSA) is 41.1 Å². The van der Waals surface area contributed by atoms with Crippen molar-refractivity contribution in [2.45, 2.75) is 44.7 Å². The zero-order chi connectivity index (χ0) is 12.1. The van der Waals surface area contributed by atoms with Crippen LogP contribution in [0.1, 0.15) is 31.1 Å². The van der Waals surface area contributed by atoms with Crippen molar-refractivity contribution in [3.8, 4) is 0 Å². The number of piperidine rings is 1. The lowest BCUT2D eigenvalue weighted by Crippen LogP contribution is -2.49. The summed E-state index contributed by atoms with van der Waals surface area (Å²) in [5.41, 5.74) is 0. The van der Waals surface area contributed by atoms with Crippen LogP contribution in [0.4, 0.5) is 0 Å². The van der Waals surface area contributed by atoms with Gasteiger partial charge in [0, 0.05) is 17.3 Å². The Morgan fingerprint density at radius 3 is 3.06 bits per heavy atom. The van der Waals surface area contributed by atoms with E-state index in [1.165, 1.54) is 11.3 Å². The third kappa shape index (κ3) is 4.59. The predicted octanol–water partition coefficient (Wildman–Crippen LogP) is 2.36. The Balaban J connectivity index is 0.00000162. The van der Waals surface area contributed by atoms with Crippen LogP contribution in [0.3, 0.4) is 0 Å². The summed E-state index contributed by atoms with van der Waals surface area (Å²) in [6.45, 7) is 3.04. The van der Waals surface area contributed by atoms with Crippen molar-refractivity contribution in [1.82, 2.24) is 10.6 Å². The molecule has 3 nitrogen and oxygen atoms in total. The fourth-order valence-corrected chi connectivity index (χ4v) is 3.04. The van der Waals surface area contributed by atoms with Crippen LogP contribution in [0.2, 0.25) is 0 Å². The molecule has 0 bridgehead atoms. The van der Waals surface area contributed by atoms with E-state index in [0.717, 1.165) is 25.8 Å². The minimum absolute atomic E-state index is 0. The van der Waals surface area contributed by atoms with E-state index in [9.17, 15) is 4.79 Å². The molecule has 2 heterocycles. The predicted molar refractivity (Wildman–Crippen MR) is 78.5 cm³/mol. The number of halogens is 1. The van der Waals surface area contributed by atoms with Crippen LogP contribution in [0.5, 0.6) is 0 Å². The Labute approximate surface area is 119 Å². The molecule has 18 heavy (non-hydrogen) atoms. The van der Waals surface area contributed by atoms with Gasteiger partial charge in [-0.25, -0.2) is 0 Å². The third-order valence-electron chi connectivity index (χ3n) is 3.10. The maximum absolute atomic E-state index is 12.0. The molecule has 2 rings (SSSR count). The Hall–Kier alpha value is -0.580. The van der Waals surface area contributed by atoms with E-state index in [4.69, 9.17) is 0 Å². The van der Waals surface area contributed by atoms with Crippen LogP contribution < -0.4 is 10.6 Å². The molecule has 102 valence electrons. The van der Waals surface area contributed by atoms with E-state index in [0.29, 0.717) is 0 Å². The molecule has 1 aliphatic rings. The molecule has 1 saturated heterocycles. The Bertz CT molecular complexity index is 350. The number of carbonyl (C=O) groups is 1. The quantitative estimate of drug-likeness (QED) is 0.893. The fourth-order valence-electron chi connectivity index (χ4n) is 2.20. The van der Waals surface area contributed by atoms with Crippen LogP contribution in [-0.2, 0) is 11.2 Å². The Morgan fingerprint density at radius 1 is 1.61 bits per heavy atom. The lowest BCUT2D eigenvalue weighted by atomic mass is 10.0. The first kappa shape index (κ1) is 15.5. The summed E-state index contributed by atoms with van der Waals surface area (Å²) >= 11 is 1.75. The summed E-state index contributed by atoms with van der Waals surface area (Å²) in [6, 6.07) is 4.41. The average Bonchev–Trinajstić information content (AvgIpc) is 2.82. The molecule has 2 N–H and O–H groups in total. The molecular weight excluding hydrogens is 268 g/mol. The van der Waals surface area contributed by atoms with Gasteiger partial charge in [0.05, 0.1) is 6.04 Å². The molecule has 2 atom stereocenters. The van der Waals surface area contributed by atoms with Crippen LogP contribution in [0.25, 0.3) is 0 Å². The standard InChI is InChI=1S/C13H20N2OS.ClH/c1-10(9-11-5-4-8-17-11)15-13(16)12-6-2-3-7-14-12;/h4-5,8,10,12,14H,2-3,6-7,9H2,1H3,(H,15,16);1H/t10?,12-;/m0./s1. The van der Waals surface area contributed by atoms with Gasteiger partial charge in [0.1, 0.15) is 0 Å². The second-order valence-electron chi connectivity index (χ2n) is 4.70. The van der Waals surface area contributed by atoms with E-state index in [-0.39, 0.29) is 30.4 Å². The normalized spacial score (nSPS) is 20.8. The highest BCUT2D eigenvalue weighted by Crippen LogP contribution is 2.12. The molecule has 1 fully saturated rings. The first-order valence-electron chi connectivity index (χ1n) is 6.32. The minimum atomic E-state index is 0. The van der Waals surface area contributed by atoms with E-state index < -0.39 is 0 Å². The molecule has 1 aromatic rings. The van der Waals surface area contributed by atoms with E-state index in [2.05, 4.69) is 35.1 Å². The maximum atomic E-state index is 12.0. The van der Waals surface area contributed by atoms with Gasteiger partial charge in [0.15, 0.2) is 0 Å². The molecule has 1 aromatic heterocycles. The average molecular weight is 289 g/mol. The third-order valence-corrected chi connectivity index (χ3v) is 4.00. The number of hydrogen-bond acceptors (Lipinski definition) is 3. The van der Waals surface area contributed by atoms with Crippen LogP contribution >= 0.6 is 23.7 Å². The SMILES string of the molecule is CC(Cc1cccs1)NC(=O)[C@@H]1CCCCN1.Cl. The highest BCUT2D eigenvalue weighted by molar-refractivity contribution is 7.09. The zero-order valence-corrected chi connectivity index (χ0v) is 12.3. The second kappa shape index (κ2) is 7.77. The van der Waals surface area contributed by atoms with Crippen molar-refractivity contribution < 1.29 is 4.79 Å². The lowest BCUT2D eigenvalue weighted by Gasteiger charge is -2.24. The summed E-state index contributed by atoms with van der Waals surface area (Å²) in [4.78, 5) is 13.3. The van der Waals surface area contributed by atoms with Gasteiger partial charge >= 0.3 is 0 Å². The highest BCUT2D eigenvalue weighted by Gasteiger charge is 2.21. The van der Waals surface area contributed by atoms with E-state index in [1.807, 2.05) is 0 Å². The molecule has 1 unspecified atom stereocenters. The van der Waals surface area contributed by atoms with Crippen LogP contribution in [0.15, 0.2) is 17.5 Å². The van der Waals surface area contributed by atoms with Crippen molar-refractivity contribution >= 4 is 29.7 Å². The second-order valence-corrected chi connectivity index (χ2v) is 5.73. The molecule has 1 aliphatic heterocycles. The van der Waals surface area contributed by atoms with Gasteiger partial charge in [-0.3, -0.25) is 4.79 Å². The monoisotopic (exact) mass is 288 g/mol. The molecule has 0 radical (unpaired) electrons. The molecule has 0 aromatic carbocycles. The minimum Gasteiger partial charge on any atom is -0.352 e. The largest absolute Gasteiger partial charge is 0.352 e. The van der Waals surface area contributed by atoms with Crippen molar-refractivity contribution in [2.75, 3.05) is 6.54 Å². The van der Waals surface area contributed by atoms with Crippen LogP contribution in [0, 0.1) is 0 Å². The first-order valence-corrected chi connectivity index (χ1v) is 7.20. The van der Waals surface area contributed by atoms with Crippen molar-refractivity contribution in [2.24, 2.45) is 0 Å². The Kier molecular flexibility index (Phi) is 6.68. The molecule has 1 amide bonds. The van der Waals surface area contributed by atoms with Gasteiger partial charge in [-0.1, -0.05) is 12.5 Å². The number of hydrogen-bond donors (Lipinski definition) is 2. The molecule has 0 aliphatic carbocycles. The molecular formula is C13H21ClN2OS. The fraction of sp³-hybridized carbons (Fsp3) is 0.615. The van der Waals surface area contributed by atoms with E-state index in [1.54, 1.807) is 11.3 Å². The number of amides is 1. The van der Waals surface area contributed by atoms with Gasteiger partial charge in [-0.05, 0) is 37.8 Å². The van der Waals surface area contributed by atoms with Crippen LogP contribution in [-0.4, -0.2) is 24.5 Å².